The van der Waals surface area contributed by atoms with E-state index in [1.807, 2.05) is 30.3 Å². The second-order valence-corrected chi connectivity index (χ2v) is 5.22. The predicted octanol–water partition coefficient (Wildman–Crippen LogP) is 3.73. The molecule has 0 aliphatic heterocycles. The number of rotatable bonds is 5. The molecule has 0 radical (unpaired) electrons. The van der Waals surface area contributed by atoms with Crippen molar-refractivity contribution < 1.29 is 0 Å². The first-order valence-corrected chi connectivity index (χ1v) is 6.88. The maximum Gasteiger partial charge on any atom is 0.0839 e. The van der Waals surface area contributed by atoms with Gasteiger partial charge in [-0.1, -0.05) is 54.6 Å². The van der Waals surface area contributed by atoms with E-state index in [1.165, 1.54) is 11.1 Å². The second-order valence-electron chi connectivity index (χ2n) is 5.22. The van der Waals surface area contributed by atoms with Crippen molar-refractivity contribution in [3.8, 4) is 6.07 Å². The largest absolute Gasteiger partial charge is 0.300 e. The zero-order valence-corrected chi connectivity index (χ0v) is 12.1. The van der Waals surface area contributed by atoms with Crippen molar-refractivity contribution in [2.24, 2.45) is 0 Å². The molecule has 0 aliphatic carbocycles. The summed E-state index contributed by atoms with van der Waals surface area (Å²) < 4.78 is 0. The SMILES string of the molecule is Cc1ccccc1CN(C)CC(C#N)c1ccccc1. The molecule has 0 bridgehead atoms. The summed E-state index contributed by atoms with van der Waals surface area (Å²) in [6.45, 7) is 3.74. The molecule has 0 aromatic heterocycles. The summed E-state index contributed by atoms with van der Waals surface area (Å²) in [6, 6.07) is 20.8. The van der Waals surface area contributed by atoms with Crippen LogP contribution in [0.2, 0.25) is 0 Å². The quantitative estimate of drug-likeness (QED) is 0.822. The molecule has 0 fully saturated rings. The van der Waals surface area contributed by atoms with Crippen LogP contribution in [-0.4, -0.2) is 18.5 Å². The van der Waals surface area contributed by atoms with Crippen LogP contribution >= 0.6 is 0 Å². The van der Waals surface area contributed by atoms with Crippen LogP contribution in [0.25, 0.3) is 0 Å². The summed E-state index contributed by atoms with van der Waals surface area (Å²) in [5, 5.41) is 9.37. The summed E-state index contributed by atoms with van der Waals surface area (Å²) in [6.07, 6.45) is 0. The third-order valence-electron chi connectivity index (χ3n) is 3.55. The molecule has 0 spiro atoms. The van der Waals surface area contributed by atoms with Crippen molar-refractivity contribution >= 4 is 0 Å². The lowest BCUT2D eigenvalue weighted by Crippen LogP contribution is -2.24. The number of nitrogens with zero attached hydrogens (tertiary/aromatic N) is 2. The monoisotopic (exact) mass is 264 g/mol. The minimum absolute atomic E-state index is 0.0785. The van der Waals surface area contributed by atoms with Crippen molar-refractivity contribution in [1.29, 1.82) is 5.26 Å². The van der Waals surface area contributed by atoms with Crippen molar-refractivity contribution in [3.05, 3.63) is 71.3 Å². The average molecular weight is 264 g/mol. The van der Waals surface area contributed by atoms with Gasteiger partial charge in [-0.25, -0.2) is 0 Å². The van der Waals surface area contributed by atoms with Crippen LogP contribution in [0.5, 0.6) is 0 Å². The van der Waals surface area contributed by atoms with Crippen molar-refractivity contribution in [3.63, 3.8) is 0 Å². The van der Waals surface area contributed by atoms with E-state index in [0.29, 0.717) is 0 Å². The Morgan fingerprint density at radius 1 is 1.05 bits per heavy atom. The van der Waals surface area contributed by atoms with E-state index >= 15 is 0 Å². The minimum Gasteiger partial charge on any atom is -0.300 e. The highest BCUT2D eigenvalue weighted by atomic mass is 15.1. The zero-order chi connectivity index (χ0) is 14.4. The summed E-state index contributed by atoms with van der Waals surface area (Å²) in [5.74, 6) is -0.0785. The zero-order valence-electron chi connectivity index (χ0n) is 12.1. The molecule has 2 nitrogen and oxygen atoms in total. The molecule has 1 unspecified atom stereocenters. The number of hydrogen-bond donors (Lipinski definition) is 0. The van der Waals surface area contributed by atoms with Crippen LogP contribution in [0, 0.1) is 18.3 Å². The Labute approximate surface area is 121 Å². The number of nitriles is 1. The molecule has 0 saturated heterocycles. The number of aryl methyl sites for hydroxylation is 1. The Hall–Kier alpha value is -2.11. The fourth-order valence-corrected chi connectivity index (χ4v) is 2.36. The molecular weight excluding hydrogens is 244 g/mol. The average Bonchev–Trinajstić information content (AvgIpc) is 2.48. The molecule has 0 aliphatic rings. The lowest BCUT2D eigenvalue weighted by Gasteiger charge is -2.21. The van der Waals surface area contributed by atoms with Crippen molar-refractivity contribution in [1.82, 2.24) is 4.90 Å². The molecule has 2 aromatic carbocycles. The molecule has 0 heterocycles. The first-order valence-electron chi connectivity index (χ1n) is 6.88. The highest BCUT2D eigenvalue weighted by Crippen LogP contribution is 2.17. The lowest BCUT2D eigenvalue weighted by molar-refractivity contribution is 0.319. The Bertz CT molecular complexity index is 584. The first-order chi connectivity index (χ1) is 9.70. The van der Waals surface area contributed by atoms with Gasteiger partial charge in [0.2, 0.25) is 0 Å². The van der Waals surface area contributed by atoms with Gasteiger partial charge >= 0.3 is 0 Å². The summed E-state index contributed by atoms with van der Waals surface area (Å²) >= 11 is 0. The first kappa shape index (κ1) is 14.3. The third kappa shape index (κ3) is 3.69. The highest BCUT2D eigenvalue weighted by Gasteiger charge is 2.13. The lowest BCUT2D eigenvalue weighted by atomic mass is 10.00. The van der Waals surface area contributed by atoms with Crippen molar-refractivity contribution in [2.45, 2.75) is 19.4 Å². The van der Waals surface area contributed by atoms with Crippen LogP contribution < -0.4 is 0 Å². The van der Waals surface area contributed by atoms with E-state index in [1.54, 1.807) is 0 Å². The van der Waals surface area contributed by atoms with E-state index in [9.17, 15) is 5.26 Å². The summed E-state index contributed by atoms with van der Waals surface area (Å²) in [7, 11) is 2.07. The van der Waals surface area contributed by atoms with Gasteiger partial charge in [-0.3, -0.25) is 0 Å². The summed E-state index contributed by atoms with van der Waals surface area (Å²) in [4.78, 5) is 2.21. The maximum atomic E-state index is 9.37. The Kier molecular flexibility index (Phi) is 4.92. The summed E-state index contributed by atoms with van der Waals surface area (Å²) in [5.41, 5.74) is 3.71. The van der Waals surface area contributed by atoms with Crippen LogP contribution in [0.15, 0.2) is 54.6 Å². The molecule has 2 rings (SSSR count). The van der Waals surface area contributed by atoms with E-state index in [2.05, 4.69) is 49.2 Å². The van der Waals surface area contributed by atoms with Crippen LogP contribution in [0.4, 0.5) is 0 Å². The topological polar surface area (TPSA) is 27.0 Å². The highest BCUT2D eigenvalue weighted by molar-refractivity contribution is 5.27. The van der Waals surface area contributed by atoms with Gasteiger partial charge in [0, 0.05) is 13.1 Å². The molecule has 1 atom stereocenters. The Morgan fingerprint density at radius 3 is 2.35 bits per heavy atom. The molecule has 0 N–H and O–H groups in total. The second kappa shape index (κ2) is 6.88. The normalized spacial score (nSPS) is 12.1. The number of hydrogen-bond acceptors (Lipinski definition) is 2. The van der Waals surface area contributed by atoms with Crippen LogP contribution in [0.1, 0.15) is 22.6 Å². The van der Waals surface area contributed by atoms with Gasteiger partial charge in [0.1, 0.15) is 0 Å². The molecular formula is C18H20N2. The fraction of sp³-hybridized carbons (Fsp3) is 0.278. The van der Waals surface area contributed by atoms with Gasteiger partial charge < -0.3 is 4.90 Å². The van der Waals surface area contributed by atoms with Crippen LogP contribution in [-0.2, 0) is 6.54 Å². The molecule has 20 heavy (non-hydrogen) atoms. The van der Waals surface area contributed by atoms with Gasteiger partial charge in [0.25, 0.3) is 0 Å². The number of benzene rings is 2. The predicted molar refractivity (Wildman–Crippen MR) is 82.3 cm³/mol. The standard InChI is InChI=1S/C18H20N2/c1-15-8-6-7-11-17(15)13-20(2)14-18(12-19)16-9-4-3-5-10-16/h3-11,18H,13-14H2,1-2H3. The van der Waals surface area contributed by atoms with Gasteiger partial charge in [-0.05, 0) is 30.7 Å². The van der Waals surface area contributed by atoms with E-state index < -0.39 is 0 Å². The fourth-order valence-electron chi connectivity index (χ4n) is 2.36. The van der Waals surface area contributed by atoms with E-state index in [4.69, 9.17) is 0 Å². The molecule has 0 saturated carbocycles. The minimum atomic E-state index is -0.0785. The Balaban J connectivity index is 2.02. The van der Waals surface area contributed by atoms with Crippen molar-refractivity contribution in [2.75, 3.05) is 13.6 Å². The third-order valence-corrected chi connectivity index (χ3v) is 3.55. The van der Waals surface area contributed by atoms with Gasteiger partial charge in [0.05, 0.1) is 12.0 Å². The van der Waals surface area contributed by atoms with Gasteiger partial charge in [-0.2, -0.15) is 5.26 Å². The Morgan fingerprint density at radius 2 is 1.70 bits per heavy atom. The van der Waals surface area contributed by atoms with Crippen LogP contribution in [0.3, 0.4) is 0 Å². The molecule has 2 heteroatoms. The smallest absolute Gasteiger partial charge is 0.0839 e. The molecule has 0 amide bonds. The molecule has 102 valence electrons. The molecule has 2 aromatic rings. The van der Waals surface area contributed by atoms with E-state index in [0.717, 1.165) is 18.7 Å². The number of likely N-dealkylation sites (N-methyl/N-ethyl adjacent to an activating group) is 1. The maximum absolute atomic E-state index is 9.37. The van der Waals surface area contributed by atoms with E-state index in [-0.39, 0.29) is 5.92 Å². The van der Waals surface area contributed by atoms with Gasteiger partial charge in [-0.15, -0.1) is 0 Å². The van der Waals surface area contributed by atoms with Gasteiger partial charge in [0.15, 0.2) is 0 Å².